The Morgan fingerprint density at radius 2 is 1.83 bits per heavy atom. The number of cyclic esters (lactones) is 1. The molecule has 0 radical (unpaired) electrons. The summed E-state index contributed by atoms with van der Waals surface area (Å²) >= 11 is 0. The van der Waals surface area contributed by atoms with Crippen molar-refractivity contribution in [2.75, 3.05) is 29.0 Å². The van der Waals surface area contributed by atoms with E-state index >= 15 is 0 Å². The first-order valence-electron chi connectivity index (χ1n) is 11.0. The standard InChI is InChI=1S/C24H33N3O6S.ClH/c1-23(2,12-13-27-19-9-7-6-8-17(19)24(3,4)33-22(27)30)25-15-21(29)16-10-11-20(28)18(14-16)26-34(5,31)32;/h6-11,14,21,25-26,28-29H,12-13,15H2,1-5H3;1H/p-1/t21-;/m0./s1. The van der Waals surface area contributed by atoms with Crippen LogP contribution in [0.5, 0.6) is 5.75 Å². The first-order valence-corrected chi connectivity index (χ1v) is 12.9. The number of phenolic OH excluding ortho intramolecular Hbond substituents is 1. The predicted octanol–water partition coefficient (Wildman–Crippen LogP) is 0.451. The molecule has 0 aromatic heterocycles. The van der Waals surface area contributed by atoms with Crippen LogP contribution in [-0.4, -0.2) is 49.6 Å². The number of aliphatic hydroxyl groups excluding tert-OH is 1. The van der Waals surface area contributed by atoms with Crippen molar-refractivity contribution in [3.63, 3.8) is 0 Å². The number of nitrogens with one attached hydrogen (secondary N) is 2. The zero-order chi connectivity index (χ0) is 25.3. The fraction of sp³-hybridized carbons (Fsp3) is 0.458. The minimum atomic E-state index is -3.58. The third-order valence-corrected chi connectivity index (χ3v) is 6.43. The number of carbonyl (C=O) groups excluding carboxylic acids is 1. The van der Waals surface area contributed by atoms with Gasteiger partial charge in [0.2, 0.25) is 10.0 Å². The smallest absolute Gasteiger partial charge is 0.415 e. The van der Waals surface area contributed by atoms with Gasteiger partial charge < -0.3 is 32.7 Å². The average Bonchev–Trinajstić information content (AvgIpc) is 2.72. The van der Waals surface area contributed by atoms with E-state index in [1.807, 2.05) is 52.0 Å². The van der Waals surface area contributed by atoms with Crippen molar-refractivity contribution in [3.8, 4) is 5.75 Å². The lowest BCUT2D eigenvalue weighted by molar-refractivity contribution is -0.0000379. The zero-order valence-electron chi connectivity index (χ0n) is 20.5. The number of rotatable bonds is 9. The van der Waals surface area contributed by atoms with Gasteiger partial charge in [0.25, 0.3) is 0 Å². The molecule has 1 aliphatic heterocycles. The molecule has 0 saturated heterocycles. The van der Waals surface area contributed by atoms with Crippen LogP contribution in [0.2, 0.25) is 0 Å². The SMILES string of the molecule is CC(C)(CCN1C(=O)OC(C)(C)c2ccccc21)NC[C@H](O)c1ccc(O)c(NS(C)(=O)=O)c1.[Cl-]. The number of hydrogen-bond acceptors (Lipinski definition) is 7. The van der Waals surface area contributed by atoms with Crippen molar-refractivity contribution in [2.45, 2.75) is 51.4 Å². The van der Waals surface area contributed by atoms with E-state index in [0.717, 1.165) is 17.5 Å². The van der Waals surface area contributed by atoms with Crippen LogP contribution in [0, 0.1) is 0 Å². The molecular formula is C24H33ClN3O6S-. The Labute approximate surface area is 212 Å². The molecule has 1 aliphatic rings. The molecule has 0 aliphatic carbocycles. The molecular weight excluding hydrogens is 494 g/mol. The number of benzene rings is 2. The van der Waals surface area contributed by atoms with Crippen LogP contribution < -0.4 is 27.3 Å². The van der Waals surface area contributed by atoms with Crippen molar-refractivity contribution >= 4 is 27.5 Å². The molecule has 35 heavy (non-hydrogen) atoms. The number of aromatic hydroxyl groups is 1. The molecule has 11 heteroatoms. The second-order valence-corrected chi connectivity index (χ2v) is 11.5. The van der Waals surface area contributed by atoms with Crippen LogP contribution in [0.25, 0.3) is 0 Å². The number of halogens is 1. The number of fused-ring (bicyclic) bond motifs is 1. The monoisotopic (exact) mass is 526 g/mol. The summed E-state index contributed by atoms with van der Waals surface area (Å²) in [5.74, 6) is -0.230. The summed E-state index contributed by atoms with van der Waals surface area (Å²) in [6, 6.07) is 11.9. The van der Waals surface area contributed by atoms with E-state index in [4.69, 9.17) is 4.74 Å². The molecule has 2 aromatic carbocycles. The van der Waals surface area contributed by atoms with E-state index in [1.165, 1.54) is 18.2 Å². The Morgan fingerprint density at radius 3 is 2.49 bits per heavy atom. The maximum Gasteiger partial charge on any atom is 0.415 e. The van der Waals surface area contributed by atoms with E-state index in [0.29, 0.717) is 18.5 Å². The summed E-state index contributed by atoms with van der Waals surface area (Å²) in [5.41, 5.74) is 1.09. The second kappa shape index (κ2) is 10.6. The highest BCUT2D eigenvalue weighted by atomic mass is 35.5. The van der Waals surface area contributed by atoms with Gasteiger partial charge in [0.05, 0.1) is 23.7 Å². The molecule has 1 atom stereocenters. The lowest BCUT2D eigenvalue weighted by Gasteiger charge is -2.39. The van der Waals surface area contributed by atoms with Crippen LogP contribution in [0.3, 0.4) is 0 Å². The fourth-order valence-electron chi connectivity index (χ4n) is 3.87. The van der Waals surface area contributed by atoms with E-state index in [2.05, 4.69) is 10.0 Å². The molecule has 3 rings (SSSR count). The van der Waals surface area contributed by atoms with Gasteiger partial charge >= 0.3 is 6.09 Å². The van der Waals surface area contributed by atoms with Crippen molar-refractivity contribution in [2.24, 2.45) is 0 Å². The molecule has 0 fully saturated rings. The van der Waals surface area contributed by atoms with E-state index in [-0.39, 0.29) is 30.4 Å². The molecule has 0 spiro atoms. The van der Waals surface area contributed by atoms with Gasteiger partial charge in [-0.05, 0) is 57.9 Å². The van der Waals surface area contributed by atoms with Crippen molar-refractivity contribution in [1.29, 1.82) is 0 Å². The fourth-order valence-corrected chi connectivity index (χ4v) is 4.43. The number of sulfonamides is 1. The largest absolute Gasteiger partial charge is 1.00 e. The number of ether oxygens (including phenoxy) is 1. The van der Waals surface area contributed by atoms with Gasteiger partial charge in [-0.25, -0.2) is 13.2 Å². The van der Waals surface area contributed by atoms with Gasteiger partial charge in [-0.1, -0.05) is 24.3 Å². The minimum Gasteiger partial charge on any atom is -1.00 e. The normalized spacial score (nSPS) is 16.1. The number of aliphatic hydroxyl groups is 1. The van der Waals surface area contributed by atoms with Gasteiger partial charge in [0, 0.05) is 24.2 Å². The lowest BCUT2D eigenvalue weighted by Crippen LogP contribution is -3.00. The molecule has 0 saturated carbocycles. The minimum absolute atomic E-state index is 0. The Morgan fingerprint density at radius 1 is 1.17 bits per heavy atom. The molecule has 2 aromatic rings. The molecule has 1 heterocycles. The predicted molar refractivity (Wildman–Crippen MR) is 132 cm³/mol. The van der Waals surface area contributed by atoms with Crippen LogP contribution >= 0.6 is 0 Å². The molecule has 0 unspecified atom stereocenters. The molecule has 1 amide bonds. The second-order valence-electron chi connectivity index (χ2n) is 9.73. The van der Waals surface area contributed by atoms with Gasteiger partial charge in [-0.2, -0.15) is 0 Å². The summed E-state index contributed by atoms with van der Waals surface area (Å²) < 4.78 is 30.9. The Kier molecular flexibility index (Phi) is 8.70. The summed E-state index contributed by atoms with van der Waals surface area (Å²) in [6.07, 6.45) is 0.230. The van der Waals surface area contributed by atoms with Crippen LogP contribution in [-0.2, 0) is 20.4 Å². The zero-order valence-corrected chi connectivity index (χ0v) is 22.1. The first-order chi connectivity index (χ1) is 15.7. The highest BCUT2D eigenvalue weighted by Crippen LogP contribution is 2.38. The quantitative estimate of drug-likeness (QED) is 0.349. The number of nitrogens with zero attached hydrogens (tertiary/aromatic N) is 1. The van der Waals surface area contributed by atoms with Gasteiger partial charge in [-0.3, -0.25) is 9.62 Å². The number of β-amino-alcohol motifs (C(OH)–C–C–N with tert-alkyl or cyclic N) is 1. The summed E-state index contributed by atoms with van der Waals surface area (Å²) in [7, 11) is -3.58. The number of phenols is 1. The van der Waals surface area contributed by atoms with Gasteiger partial charge in [0.15, 0.2) is 0 Å². The number of anilines is 2. The third kappa shape index (κ3) is 7.23. The third-order valence-electron chi connectivity index (χ3n) is 5.84. The van der Waals surface area contributed by atoms with Crippen molar-refractivity contribution in [3.05, 3.63) is 53.6 Å². The molecule has 4 N–H and O–H groups in total. The van der Waals surface area contributed by atoms with E-state index < -0.39 is 33.4 Å². The summed E-state index contributed by atoms with van der Waals surface area (Å²) in [6.45, 7) is 8.28. The lowest BCUT2D eigenvalue weighted by atomic mass is 9.93. The number of amides is 1. The van der Waals surface area contributed by atoms with Crippen LogP contribution in [0.15, 0.2) is 42.5 Å². The summed E-state index contributed by atoms with van der Waals surface area (Å²) in [5, 5.41) is 23.8. The van der Waals surface area contributed by atoms with Crippen LogP contribution in [0.1, 0.15) is 51.3 Å². The summed E-state index contributed by atoms with van der Waals surface area (Å²) in [4.78, 5) is 14.3. The maximum absolute atomic E-state index is 12.7. The number of para-hydroxylation sites is 1. The molecule has 9 nitrogen and oxygen atoms in total. The Balaban J connectivity index is 0.00000432. The van der Waals surface area contributed by atoms with E-state index in [1.54, 1.807) is 4.90 Å². The average molecular weight is 527 g/mol. The molecule has 0 bridgehead atoms. The topological polar surface area (TPSA) is 128 Å². The Bertz CT molecular complexity index is 1170. The van der Waals surface area contributed by atoms with Crippen LogP contribution in [0.4, 0.5) is 16.2 Å². The van der Waals surface area contributed by atoms with Gasteiger partial charge in [-0.15, -0.1) is 0 Å². The van der Waals surface area contributed by atoms with E-state index in [9.17, 15) is 23.4 Å². The molecule has 194 valence electrons. The van der Waals surface area contributed by atoms with Gasteiger partial charge in [0.1, 0.15) is 11.4 Å². The number of hydrogen-bond donors (Lipinski definition) is 4. The first kappa shape index (κ1) is 28.7. The van der Waals surface area contributed by atoms with Crippen molar-refractivity contribution < 1.29 is 40.6 Å². The highest BCUT2D eigenvalue weighted by molar-refractivity contribution is 7.92. The number of carbonyl (C=O) groups is 1. The maximum atomic E-state index is 12.7. The Hall–Kier alpha value is -2.53. The van der Waals surface area contributed by atoms with Crippen molar-refractivity contribution in [1.82, 2.24) is 5.32 Å². The highest BCUT2D eigenvalue weighted by Gasteiger charge is 2.38.